The Balaban J connectivity index is 1.96. The molecule has 3 rings (SSSR count). The molecule has 0 atom stereocenters. The van der Waals surface area contributed by atoms with Crippen LogP contribution in [0.5, 0.6) is 0 Å². The van der Waals surface area contributed by atoms with Crippen LogP contribution in [0.1, 0.15) is 5.56 Å². The summed E-state index contributed by atoms with van der Waals surface area (Å²) in [4.78, 5) is 6.61. The zero-order valence-corrected chi connectivity index (χ0v) is 11.9. The molecule has 0 saturated heterocycles. The topological polar surface area (TPSA) is 20.5 Å². The van der Waals surface area contributed by atoms with Crippen LogP contribution in [0.15, 0.2) is 60.9 Å². The van der Waals surface area contributed by atoms with Crippen molar-refractivity contribution in [3.8, 4) is 0 Å². The molecular weight excluding hydrogens is 270 g/mol. The van der Waals surface area contributed by atoms with E-state index in [9.17, 15) is 0 Å². The van der Waals surface area contributed by atoms with Crippen LogP contribution in [-0.2, 0) is 6.54 Å². The summed E-state index contributed by atoms with van der Waals surface area (Å²) in [5.74, 6) is 1.71. The highest BCUT2D eigenvalue weighted by atomic mass is 35.5. The van der Waals surface area contributed by atoms with Crippen molar-refractivity contribution in [3.63, 3.8) is 0 Å². The molecule has 0 fully saturated rings. The first-order valence-corrected chi connectivity index (χ1v) is 7.19. The number of halogens is 1. The third-order valence-corrected chi connectivity index (χ3v) is 3.47. The second-order valence-corrected chi connectivity index (χ2v) is 5.01. The van der Waals surface area contributed by atoms with Crippen LogP contribution in [0.4, 0.5) is 5.82 Å². The van der Waals surface area contributed by atoms with Gasteiger partial charge in [0.15, 0.2) is 0 Å². The lowest BCUT2D eigenvalue weighted by atomic mass is 10.2. The average molecular weight is 286 g/mol. The number of anilines is 1. The smallest absolute Gasteiger partial charge is 0.138 e. The Morgan fingerprint density at radius 2 is 1.90 bits per heavy atom. The predicted molar refractivity (Wildman–Crippen MR) is 83.4 cm³/mol. The molecule has 0 bridgehead atoms. The van der Waals surface area contributed by atoms with Crippen molar-refractivity contribution < 1.29 is 0 Å². The monoisotopic (exact) mass is 285 g/mol. The number of rotatable bonds is 5. The number of pyridine rings is 1. The van der Waals surface area contributed by atoms with Gasteiger partial charge in [-0.05, 0) is 17.7 Å². The molecule has 3 aromatic rings. The van der Waals surface area contributed by atoms with E-state index in [1.165, 1.54) is 5.56 Å². The summed E-state index contributed by atoms with van der Waals surface area (Å²) >= 11 is 5.97. The number of hydrogen-bond donors (Lipinski definition) is 0. The van der Waals surface area contributed by atoms with Gasteiger partial charge in [0.2, 0.25) is 0 Å². The highest BCUT2D eigenvalue weighted by molar-refractivity contribution is 6.18. The fourth-order valence-corrected chi connectivity index (χ4v) is 2.57. The molecule has 0 N–H and O–H groups in total. The summed E-state index contributed by atoms with van der Waals surface area (Å²) in [6.07, 6.45) is 3.80. The van der Waals surface area contributed by atoms with E-state index < -0.39 is 0 Å². The number of hydrogen-bond acceptors (Lipinski definition) is 2. The van der Waals surface area contributed by atoms with Gasteiger partial charge in [-0.15, -0.1) is 11.6 Å². The van der Waals surface area contributed by atoms with Gasteiger partial charge in [0.1, 0.15) is 11.5 Å². The fourth-order valence-electron chi connectivity index (χ4n) is 2.37. The normalized spacial score (nSPS) is 10.8. The molecule has 3 nitrogen and oxygen atoms in total. The molecule has 0 aliphatic heterocycles. The van der Waals surface area contributed by atoms with Crippen LogP contribution in [0, 0.1) is 0 Å². The zero-order chi connectivity index (χ0) is 13.8. The maximum Gasteiger partial charge on any atom is 0.138 e. The van der Waals surface area contributed by atoms with E-state index in [2.05, 4.69) is 44.6 Å². The number of imidazole rings is 1. The summed E-state index contributed by atoms with van der Waals surface area (Å²) in [7, 11) is 0. The van der Waals surface area contributed by atoms with Gasteiger partial charge < -0.3 is 4.90 Å². The van der Waals surface area contributed by atoms with Crippen molar-refractivity contribution >= 4 is 23.1 Å². The lowest BCUT2D eigenvalue weighted by Crippen LogP contribution is -2.26. The van der Waals surface area contributed by atoms with Gasteiger partial charge in [0.25, 0.3) is 0 Å². The van der Waals surface area contributed by atoms with Crippen molar-refractivity contribution in [3.05, 3.63) is 66.5 Å². The van der Waals surface area contributed by atoms with E-state index in [1.807, 2.05) is 30.6 Å². The van der Waals surface area contributed by atoms with Gasteiger partial charge in [-0.3, -0.25) is 4.40 Å². The van der Waals surface area contributed by atoms with Crippen LogP contribution in [-0.4, -0.2) is 21.8 Å². The highest BCUT2D eigenvalue weighted by Crippen LogP contribution is 2.19. The minimum atomic E-state index is 0.595. The van der Waals surface area contributed by atoms with Gasteiger partial charge in [-0.25, -0.2) is 4.98 Å². The molecule has 0 unspecified atom stereocenters. The van der Waals surface area contributed by atoms with E-state index in [0.717, 1.165) is 24.6 Å². The predicted octanol–water partition coefficient (Wildman–Crippen LogP) is 3.58. The van der Waals surface area contributed by atoms with Crippen molar-refractivity contribution in [2.24, 2.45) is 0 Å². The molecule has 0 aliphatic rings. The second kappa shape index (κ2) is 5.97. The van der Waals surface area contributed by atoms with E-state index in [0.29, 0.717) is 5.88 Å². The third-order valence-electron chi connectivity index (χ3n) is 3.30. The largest absolute Gasteiger partial charge is 0.352 e. The van der Waals surface area contributed by atoms with Crippen LogP contribution in [0.2, 0.25) is 0 Å². The molecule has 4 heteroatoms. The highest BCUT2D eigenvalue weighted by Gasteiger charge is 2.10. The Bertz CT molecular complexity index is 678. The molecule has 2 heterocycles. The van der Waals surface area contributed by atoms with E-state index in [-0.39, 0.29) is 0 Å². The van der Waals surface area contributed by atoms with Crippen LogP contribution in [0.25, 0.3) is 5.65 Å². The number of alkyl halides is 1. The maximum atomic E-state index is 5.97. The van der Waals surface area contributed by atoms with Crippen LogP contribution in [0.3, 0.4) is 0 Å². The zero-order valence-electron chi connectivity index (χ0n) is 11.1. The molecule has 0 amide bonds. The van der Waals surface area contributed by atoms with Gasteiger partial charge in [0.05, 0.1) is 0 Å². The number of nitrogens with zero attached hydrogens (tertiary/aromatic N) is 3. The quantitative estimate of drug-likeness (QED) is 0.668. The number of benzene rings is 1. The first kappa shape index (κ1) is 13.0. The molecule has 0 radical (unpaired) electrons. The summed E-state index contributed by atoms with van der Waals surface area (Å²) < 4.78 is 2.09. The third kappa shape index (κ3) is 2.63. The van der Waals surface area contributed by atoms with E-state index >= 15 is 0 Å². The Morgan fingerprint density at radius 3 is 2.70 bits per heavy atom. The Morgan fingerprint density at radius 1 is 1.05 bits per heavy atom. The molecule has 20 heavy (non-hydrogen) atoms. The standard InChI is InChI=1S/C16H16ClN3/c17-9-11-19(13-14-5-2-1-3-6-14)16-8-4-7-15-18-10-12-20(15)16/h1-8,10,12H,9,11,13H2. The Labute approximate surface area is 123 Å². The van der Waals surface area contributed by atoms with Gasteiger partial charge in [-0.2, -0.15) is 0 Å². The van der Waals surface area contributed by atoms with Crippen LogP contribution >= 0.6 is 11.6 Å². The average Bonchev–Trinajstić information content (AvgIpc) is 2.96. The fraction of sp³-hybridized carbons (Fsp3) is 0.188. The lowest BCUT2D eigenvalue weighted by molar-refractivity contribution is 0.807. The van der Waals surface area contributed by atoms with Crippen molar-refractivity contribution in [2.45, 2.75) is 6.54 Å². The number of fused-ring (bicyclic) bond motifs is 1. The lowest BCUT2D eigenvalue weighted by Gasteiger charge is -2.25. The molecule has 2 aromatic heterocycles. The SMILES string of the molecule is ClCCN(Cc1ccccc1)c1cccc2nccn12. The van der Waals surface area contributed by atoms with E-state index in [1.54, 1.807) is 0 Å². The molecular formula is C16H16ClN3. The summed E-state index contributed by atoms with van der Waals surface area (Å²) in [6.45, 7) is 1.64. The first-order valence-electron chi connectivity index (χ1n) is 6.65. The van der Waals surface area contributed by atoms with Crippen molar-refractivity contribution in [1.82, 2.24) is 9.38 Å². The molecule has 0 spiro atoms. The number of aromatic nitrogens is 2. The van der Waals surface area contributed by atoms with Gasteiger partial charge >= 0.3 is 0 Å². The van der Waals surface area contributed by atoms with Crippen molar-refractivity contribution in [1.29, 1.82) is 0 Å². The second-order valence-electron chi connectivity index (χ2n) is 4.64. The van der Waals surface area contributed by atoms with Gasteiger partial charge in [-0.1, -0.05) is 36.4 Å². The molecule has 1 aromatic carbocycles. The Hall–Kier alpha value is -2.00. The Kier molecular flexibility index (Phi) is 3.88. The summed E-state index contributed by atoms with van der Waals surface area (Å²) in [5.41, 5.74) is 2.23. The molecule has 0 saturated carbocycles. The molecule has 0 aliphatic carbocycles. The molecule has 102 valence electrons. The first-order chi connectivity index (χ1) is 9.88. The minimum absolute atomic E-state index is 0.595. The maximum absolute atomic E-state index is 5.97. The summed E-state index contributed by atoms with van der Waals surface area (Å²) in [6, 6.07) is 16.6. The van der Waals surface area contributed by atoms with Gasteiger partial charge in [0, 0.05) is 31.4 Å². The van der Waals surface area contributed by atoms with Crippen molar-refractivity contribution in [2.75, 3.05) is 17.3 Å². The minimum Gasteiger partial charge on any atom is -0.352 e. The van der Waals surface area contributed by atoms with Crippen LogP contribution < -0.4 is 4.90 Å². The summed E-state index contributed by atoms with van der Waals surface area (Å²) in [5, 5.41) is 0. The van der Waals surface area contributed by atoms with E-state index in [4.69, 9.17) is 11.6 Å².